The van der Waals surface area contributed by atoms with Gasteiger partial charge in [-0.3, -0.25) is 40.4 Å². The molecule has 0 fully saturated rings. The average molecular weight is 701 g/mol. The van der Waals surface area contributed by atoms with Crippen molar-refractivity contribution in [1.29, 1.82) is 0 Å². The summed E-state index contributed by atoms with van der Waals surface area (Å²) in [5.41, 5.74) is 2.21. The molecule has 0 saturated heterocycles. The number of aromatic nitrogens is 10. The summed E-state index contributed by atoms with van der Waals surface area (Å²) < 4.78 is 17.6. The molecule has 17 nitrogen and oxygen atoms in total. The van der Waals surface area contributed by atoms with Crippen molar-refractivity contribution in [1.82, 2.24) is 50.1 Å². The number of anilines is 2. The molecule has 17 heteroatoms. The van der Waals surface area contributed by atoms with E-state index >= 15 is 0 Å². The molecule has 0 radical (unpaired) electrons. The lowest BCUT2D eigenvalue weighted by atomic mass is 10.3. The van der Waals surface area contributed by atoms with Gasteiger partial charge < -0.3 is 14.2 Å². The second-order valence-corrected chi connectivity index (χ2v) is 10.5. The minimum Gasteiger partial charge on any atom is -0.493 e. The number of nitrogens with one attached hydrogen (secondary N) is 4. The fraction of sp³-hybridized carbons (Fsp3) is 0.114. The summed E-state index contributed by atoms with van der Waals surface area (Å²) in [6, 6.07) is 29.7. The number of pyridine rings is 2. The van der Waals surface area contributed by atoms with Crippen LogP contribution in [-0.2, 0) is 9.53 Å². The number of amides is 2. The number of aromatic amines is 2. The largest absolute Gasteiger partial charge is 0.493 e. The Hall–Kier alpha value is -7.27. The molecule has 0 atom stereocenters. The van der Waals surface area contributed by atoms with Gasteiger partial charge in [-0.1, -0.05) is 48.5 Å². The molecule has 7 rings (SSSR count). The number of nitrogens with zero attached hydrogens (tertiary/aromatic N) is 8. The highest BCUT2D eigenvalue weighted by Gasteiger charge is 2.20. The molecule has 262 valence electrons. The van der Waals surface area contributed by atoms with Gasteiger partial charge in [0.05, 0.1) is 25.6 Å². The number of hydrogen-bond donors (Lipinski definition) is 4. The summed E-state index contributed by atoms with van der Waals surface area (Å²) >= 11 is 0. The van der Waals surface area contributed by atoms with E-state index < -0.39 is 5.91 Å². The molecule has 0 aliphatic rings. The molecule has 52 heavy (non-hydrogen) atoms. The lowest BCUT2D eigenvalue weighted by molar-refractivity contribution is -0.120. The van der Waals surface area contributed by atoms with Crippen LogP contribution in [0.3, 0.4) is 0 Å². The van der Waals surface area contributed by atoms with E-state index in [2.05, 4.69) is 56.1 Å². The minimum absolute atomic E-state index is 0.106. The Kier molecular flexibility index (Phi) is 11.6. The van der Waals surface area contributed by atoms with Crippen LogP contribution in [0.1, 0.15) is 10.5 Å². The highest BCUT2D eigenvalue weighted by atomic mass is 16.5. The molecule has 0 unspecified atom stereocenters. The van der Waals surface area contributed by atoms with Gasteiger partial charge in [-0.2, -0.15) is 15.1 Å². The zero-order valence-electron chi connectivity index (χ0n) is 27.7. The van der Waals surface area contributed by atoms with Crippen molar-refractivity contribution >= 4 is 23.7 Å². The Morgan fingerprint density at radius 3 is 1.92 bits per heavy atom. The summed E-state index contributed by atoms with van der Waals surface area (Å²) in [6.07, 6.45) is 4.94. The lowest BCUT2D eigenvalue weighted by Gasteiger charge is -2.06. The standard InChI is InChI=1S/C18H15N7O2.C17H17N5O3/c1-27-14-11-25(12-7-3-2-4-8-12)24-15(14)17(26)21-18-20-16(22-23-18)13-9-5-6-10-19-13;23-15(12-24-10-11-25-13-6-2-1-3-7-13)19-17-20-16(21-22-17)14-8-4-5-9-18-14/h2-11H,1H3,(H2,20,21,22,23,26);1-9H,10-12H2,(H2,19,20,21,22,23). The number of carbonyl (C=O) groups excluding carboxylic acids is 2. The van der Waals surface area contributed by atoms with Gasteiger partial charge in [-0.25, -0.2) is 4.68 Å². The molecule has 0 spiro atoms. The second-order valence-electron chi connectivity index (χ2n) is 10.5. The number of methoxy groups -OCH3 is 1. The van der Waals surface area contributed by atoms with Crippen LogP contribution in [0.4, 0.5) is 11.9 Å². The fourth-order valence-electron chi connectivity index (χ4n) is 4.47. The first-order valence-corrected chi connectivity index (χ1v) is 15.8. The maximum absolute atomic E-state index is 12.6. The number of para-hydroxylation sites is 2. The predicted octanol–water partition coefficient (Wildman–Crippen LogP) is 4.21. The lowest BCUT2D eigenvalue weighted by Crippen LogP contribution is -2.20. The minimum atomic E-state index is -0.479. The molecule has 5 aromatic heterocycles. The summed E-state index contributed by atoms with van der Waals surface area (Å²) in [5.74, 6) is 1.52. The van der Waals surface area contributed by atoms with E-state index in [0.29, 0.717) is 42.0 Å². The van der Waals surface area contributed by atoms with Crippen LogP contribution in [-0.4, -0.2) is 88.9 Å². The molecule has 5 heterocycles. The van der Waals surface area contributed by atoms with Crippen molar-refractivity contribution in [2.45, 2.75) is 0 Å². The number of rotatable bonds is 13. The molecule has 7 aromatic rings. The van der Waals surface area contributed by atoms with Gasteiger partial charge in [-0.05, 0) is 48.5 Å². The first kappa shape index (κ1) is 34.6. The summed E-state index contributed by atoms with van der Waals surface area (Å²) in [5, 5.41) is 22.9. The third kappa shape index (κ3) is 9.45. The van der Waals surface area contributed by atoms with Crippen LogP contribution in [0.2, 0.25) is 0 Å². The Bertz CT molecular complexity index is 2160. The van der Waals surface area contributed by atoms with E-state index in [-0.39, 0.29) is 30.1 Å². The van der Waals surface area contributed by atoms with E-state index in [1.54, 1.807) is 47.5 Å². The maximum atomic E-state index is 12.6. The van der Waals surface area contributed by atoms with Crippen molar-refractivity contribution < 1.29 is 23.8 Å². The zero-order valence-corrected chi connectivity index (χ0v) is 27.7. The van der Waals surface area contributed by atoms with Crippen LogP contribution in [0.5, 0.6) is 11.5 Å². The quantitative estimate of drug-likeness (QED) is 0.125. The first-order chi connectivity index (χ1) is 25.6. The van der Waals surface area contributed by atoms with Crippen LogP contribution in [0, 0.1) is 0 Å². The van der Waals surface area contributed by atoms with Crippen molar-refractivity contribution in [3.63, 3.8) is 0 Å². The van der Waals surface area contributed by atoms with E-state index in [0.717, 1.165) is 11.4 Å². The number of benzene rings is 2. The van der Waals surface area contributed by atoms with Gasteiger partial charge >= 0.3 is 0 Å². The number of hydrogen-bond acceptors (Lipinski definition) is 12. The molecular weight excluding hydrogens is 668 g/mol. The SMILES string of the molecule is COc1cn(-c2ccccc2)nc1C(=O)Nc1n[nH]c(-c2ccccn2)n1.O=C(COCCOc1ccccc1)Nc1n[nH]c(-c2ccccn2)n1. The fourth-order valence-corrected chi connectivity index (χ4v) is 4.47. The van der Waals surface area contributed by atoms with Gasteiger partial charge in [0.25, 0.3) is 11.8 Å². The number of H-pyrrole nitrogens is 2. The van der Waals surface area contributed by atoms with Crippen LogP contribution in [0.25, 0.3) is 28.7 Å². The average Bonchev–Trinajstić information content (AvgIpc) is 3.97. The van der Waals surface area contributed by atoms with Gasteiger partial charge in [0.2, 0.25) is 11.9 Å². The third-order valence-electron chi connectivity index (χ3n) is 6.87. The highest BCUT2D eigenvalue weighted by Crippen LogP contribution is 2.21. The Balaban J connectivity index is 0.000000179. The molecule has 0 aliphatic carbocycles. The first-order valence-electron chi connectivity index (χ1n) is 15.8. The highest BCUT2D eigenvalue weighted by molar-refractivity contribution is 6.03. The molecule has 0 saturated carbocycles. The molecule has 4 N–H and O–H groups in total. The van der Waals surface area contributed by atoms with E-state index in [1.165, 1.54) is 7.11 Å². The maximum Gasteiger partial charge on any atom is 0.282 e. The summed E-state index contributed by atoms with van der Waals surface area (Å²) in [7, 11) is 1.48. The van der Waals surface area contributed by atoms with Crippen LogP contribution < -0.4 is 20.1 Å². The van der Waals surface area contributed by atoms with Crippen molar-refractivity contribution in [2.75, 3.05) is 37.6 Å². The van der Waals surface area contributed by atoms with E-state index in [4.69, 9.17) is 14.2 Å². The number of carbonyl (C=O) groups is 2. The molecule has 2 amide bonds. The monoisotopic (exact) mass is 700 g/mol. The Labute approximate surface area is 296 Å². The van der Waals surface area contributed by atoms with Crippen molar-refractivity contribution in [3.8, 4) is 40.2 Å². The molecule has 2 aromatic carbocycles. The van der Waals surface area contributed by atoms with Gasteiger partial charge in [0, 0.05) is 12.4 Å². The molecular formula is C35H32N12O5. The van der Waals surface area contributed by atoms with E-state index in [1.807, 2.05) is 72.8 Å². The normalized spacial score (nSPS) is 10.5. The van der Waals surface area contributed by atoms with Crippen molar-refractivity contribution in [3.05, 3.63) is 121 Å². The topological polar surface area (TPSA) is 213 Å². The summed E-state index contributed by atoms with van der Waals surface area (Å²) in [4.78, 5) is 41.1. The predicted molar refractivity (Wildman–Crippen MR) is 189 cm³/mol. The Morgan fingerprint density at radius 1 is 0.731 bits per heavy atom. The zero-order chi connectivity index (χ0) is 36.0. The van der Waals surface area contributed by atoms with Crippen LogP contribution >= 0.6 is 0 Å². The van der Waals surface area contributed by atoms with Gasteiger partial charge in [0.1, 0.15) is 30.4 Å². The van der Waals surface area contributed by atoms with Crippen LogP contribution in [0.15, 0.2) is 116 Å². The Morgan fingerprint density at radius 2 is 1.33 bits per heavy atom. The molecule has 0 aliphatic heterocycles. The second kappa shape index (κ2) is 17.4. The van der Waals surface area contributed by atoms with Crippen molar-refractivity contribution in [2.24, 2.45) is 0 Å². The number of ether oxygens (including phenoxy) is 3. The van der Waals surface area contributed by atoms with E-state index in [9.17, 15) is 9.59 Å². The molecule has 0 bridgehead atoms. The third-order valence-corrected chi connectivity index (χ3v) is 6.87. The smallest absolute Gasteiger partial charge is 0.282 e. The van der Waals surface area contributed by atoms with Gasteiger partial charge in [-0.15, -0.1) is 10.2 Å². The van der Waals surface area contributed by atoms with Gasteiger partial charge in [0.15, 0.2) is 23.1 Å². The summed E-state index contributed by atoms with van der Waals surface area (Å²) in [6.45, 7) is 0.558.